The third-order valence-corrected chi connectivity index (χ3v) is 1.99. The van der Waals surface area contributed by atoms with E-state index in [-0.39, 0.29) is 0 Å². The van der Waals surface area contributed by atoms with E-state index < -0.39 is 0 Å². The summed E-state index contributed by atoms with van der Waals surface area (Å²) in [5, 5.41) is 0. The van der Waals surface area contributed by atoms with Crippen LogP contribution in [0, 0.1) is 5.92 Å². The molecule has 0 atom stereocenters. The Labute approximate surface area is 81.0 Å². The van der Waals surface area contributed by atoms with Crippen molar-refractivity contribution in [1.29, 1.82) is 0 Å². The van der Waals surface area contributed by atoms with Crippen molar-refractivity contribution in [2.75, 3.05) is 12.1 Å². The predicted molar refractivity (Wildman–Crippen MR) is 60.2 cm³/mol. The molecule has 0 amide bonds. The fraction of sp³-hybridized carbons (Fsp3) is 0.900. The van der Waals surface area contributed by atoms with Gasteiger partial charge in [-0.05, 0) is 25.0 Å². The molecule has 0 saturated heterocycles. The first-order valence-electron chi connectivity index (χ1n) is 4.71. The molecular formula is C10H21NS. The molecule has 0 heterocycles. The van der Waals surface area contributed by atoms with Crippen LogP contribution in [0.3, 0.4) is 0 Å². The molecule has 0 radical (unpaired) electrons. The lowest BCUT2D eigenvalue weighted by molar-refractivity contribution is 0.673. The zero-order valence-corrected chi connectivity index (χ0v) is 9.58. The molecule has 0 N–H and O–H groups in total. The van der Waals surface area contributed by atoms with E-state index in [1.54, 1.807) is 11.8 Å². The van der Waals surface area contributed by atoms with Crippen LogP contribution in [0.25, 0.3) is 0 Å². The van der Waals surface area contributed by atoms with Gasteiger partial charge in [0, 0.05) is 5.71 Å². The van der Waals surface area contributed by atoms with Crippen LogP contribution in [-0.2, 0) is 0 Å². The average Bonchev–Trinajstić information content (AvgIpc) is 2.00. The van der Waals surface area contributed by atoms with E-state index in [2.05, 4.69) is 32.0 Å². The van der Waals surface area contributed by atoms with E-state index in [1.807, 2.05) is 0 Å². The minimum absolute atomic E-state index is 0.747. The highest BCUT2D eigenvalue weighted by Gasteiger charge is 2.01. The fourth-order valence-electron chi connectivity index (χ4n) is 1.16. The van der Waals surface area contributed by atoms with E-state index in [1.165, 1.54) is 25.0 Å². The van der Waals surface area contributed by atoms with Crippen molar-refractivity contribution in [3.05, 3.63) is 0 Å². The molecule has 0 fully saturated rings. The van der Waals surface area contributed by atoms with Crippen molar-refractivity contribution in [2.24, 2.45) is 10.9 Å². The molecule has 0 spiro atoms. The van der Waals surface area contributed by atoms with E-state index in [4.69, 9.17) is 0 Å². The van der Waals surface area contributed by atoms with E-state index in [0.717, 1.165) is 11.8 Å². The lowest BCUT2D eigenvalue weighted by Crippen LogP contribution is -2.03. The lowest BCUT2D eigenvalue weighted by Gasteiger charge is -2.07. The average molecular weight is 187 g/mol. The first-order chi connectivity index (χ1) is 5.70. The summed E-state index contributed by atoms with van der Waals surface area (Å²) in [5.41, 5.74) is 1.40. The summed E-state index contributed by atoms with van der Waals surface area (Å²) in [6.45, 7) is 6.73. The van der Waals surface area contributed by atoms with Gasteiger partial charge in [0.2, 0.25) is 0 Å². The minimum Gasteiger partial charge on any atom is -0.283 e. The highest BCUT2D eigenvalue weighted by molar-refractivity contribution is 7.98. The summed E-state index contributed by atoms with van der Waals surface area (Å²) >= 11 is 1.80. The van der Waals surface area contributed by atoms with Crippen molar-refractivity contribution in [3.8, 4) is 0 Å². The van der Waals surface area contributed by atoms with Gasteiger partial charge < -0.3 is 0 Å². The lowest BCUT2D eigenvalue weighted by atomic mass is 10.0. The Kier molecular flexibility index (Phi) is 7.67. The van der Waals surface area contributed by atoms with Gasteiger partial charge in [-0.1, -0.05) is 27.2 Å². The van der Waals surface area contributed by atoms with Gasteiger partial charge in [-0.25, -0.2) is 0 Å². The van der Waals surface area contributed by atoms with Gasteiger partial charge in [0.25, 0.3) is 0 Å². The summed E-state index contributed by atoms with van der Waals surface area (Å²) in [6.07, 6.45) is 5.68. The highest BCUT2D eigenvalue weighted by Crippen LogP contribution is 2.07. The Morgan fingerprint density at radius 2 is 2.08 bits per heavy atom. The third-order valence-electron chi connectivity index (χ3n) is 1.60. The monoisotopic (exact) mass is 187 g/mol. The van der Waals surface area contributed by atoms with Crippen molar-refractivity contribution >= 4 is 17.5 Å². The number of hydrogen-bond acceptors (Lipinski definition) is 2. The molecule has 12 heavy (non-hydrogen) atoms. The van der Waals surface area contributed by atoms with Crippen LogP contribution in [0.15, 0.2) is 4.99 Å². The number of nitrogens with zero attached hydrogens (tertiary/aromatic N) is 1. The van der Waals surface area contributed by atoms with Crippen molar-refractivity contribution in [3.63, 3.8) is 0 Å². The molecule has 0 aromatic heterocycles. The van der Waals surface area contributed by atoms with Crippen LogP contribution in [0.1, 0.15) is 40.0 Å². The Balaban J connectivity index is 3.84. The Morgan fingerprint density at radius 3 is 2.50 bits per heavy atom. The van der Waals surface area contributed by atoms with Gasteiger partial charge in [0.1, 0.15) is 0 Å². The molecule has 0 aromatic rings. The summed E-state index contributed by atoms with van der Waals surface area (Å²) in [7, 11) is 0. The van der Waals surface area contributed by atoms with Crippen LogP contribution in [-0.4, -0.2) is 17.8 Å². The second kappa shape index (κ2) is 7.66. The molecule has 0 bridgehead atoms. The summed E-state index contributed by atoms with van der Waals surface area (Å²) in [5.74, 6) is 1.68. The van der Waals surface area contributed by atoms with Crippen LogP contribution in [0.2, 0.25) is 0 Å². The van der Waals surface area contributed by atoms with Crippen molar-refractivity contribution in [2.45, 2.75) is 40.0 Å². The predicted octanol–water partition coefficient (Wildman–Crippen LogP) is 3.59. The zero-order valence-electron chi connectivity index (χ0n) is 8.76. The van der Waals surface area contributed by atoms with Gasteiger partial charge in [0.15, 0.2) is 0 Å². The molecular weight excluding hydrogens is 166 g/mol. The molecule has 0 rings (SSSR count). The van der Waals surface area contributed by atoms with Gasteiger partial charge in [0.05, 0.1) is 5.88 Å². The summed E-state index contributed by atoms with van der Waals surface area (Å²) in [4.78, 5) is 4.55. The smallest absolute Gasteiger partial charge is 0.0840 e. The first-order valence-corrected chi connectivity index (χ1v) is 6.11. The highest BCUT2D eigenvalue weighted by atomic mass is 32.2. The second-order valence-electron chi connectivity index (χ2n) is 3.49. The summed E-state index contributed by atoms with van der Waals surface area (Å²) in [6, 6.07) is 0. The van der Waals surface area contributed by atoms with Gasteiger partial charge >= 0.3 is 0 Å². The minimum atomic E-state index is 0.747. The van der Waals surface area contributed by atoms with Gasteiger partial charge in [-0.15, -0.1) is 11.8 Å². The molecule has 0 aliphatic rings. The number of aliphatic imine (C=N–C) groups is 1. The maximum absolute atomic E-state index is 4.55. The molecule has 72 valence electrons. The largest absolute Gasteiger partial charge is 0.283 e. The Bertz CT molecular complexity index is 130. The third kappa shape index (κ3) is 6.71. The first kappa shape index (κ1) is 12.0. The molecule has 0 aliphatic heterocycles. The molecule has 2 heteroatoms. The number of hydrogen-bond donors (Lipinski definition) is 0. The van der Waals surface area contributed by atoms with Crippen LogP contribution < -0.4 is 0 Å². The topological polar surface area (TPSA) is 12.4 Å². The fourth-order valence-corrected chi connectivity index (χ4v) is 1.47. The van der Waals surface area contributed by atoms with Crippen molar-refractivity contribution in [1.82, 2.24) is 0 Å². The Morgan fingerprint density at radius 1 is 1.42 bits per heavy atom. The standard InChI is InChI=1S/C10H21NS/c1-5-6-10(7-9(2)3)11-8-12-4/h9H,5-8H2,1-4H3. The molecule has 0 saturated carbocycles. The second-order valence-corrected chi connectivity index (χ2v) is 4.33. The molecule has 0 aromatic carbocycles. The molecule has 0 aliphatic carbocycles. The number of rotatable bonds is 6. The van der Waals surface area contributed by atoms with E-state index in [0.29, 0.717) is 0 Å². The Hall–Kier alpha value is 0.0200. The quantitative estimate of drug-likeness (QED) is 0.579. The van der Waals surface area contributed by atoms with Gasteiger partial charge in [-0.2, -0.15) is 0 Å². The summed E-state index contributed by atoms with van der Waals surface area (Å²) < 4.78 is 0. The van der Waals surface area contributed by atoms with Crippen LogP contribution >= 0.6 is 11.8 Å². The van der Waals surface area contributed by atoms with Crippen molar-refractivity contribution < 1.29 is 0 Å². The maximum atomic E-state index is 4.55. The van der Waals surface area contributed by atoms with Crippen LogP contribution in [0.4, 0.5) is 0 Å². The molecule has 0 unspecified atom stereocenters. The normalized spacial score (nSPS) is 12.6. The van der Waals surface area contributed by atoms with Gasteiger partial charge in [-0.3, -0.25) is 4.99 Å². The van der Waals surface area contributed by atoms with E-state index in [9.17, 15) is 0 Å². The SMILES string of the molecule is CCCC(CC(C)C)=NCSC. The maximum Gasteiger partial charge on any atom is 0.0840 e. The van der Waals surface area contributed by atoms with Crippen LogP contribution in [0.5, 0.6) is 0 Å². The van der Waals surface area contributed by atoms with E-state index >= 15 is 0 Å². The number of thioether (sulfide) groups is 1. The zero-order chi connectivity index (χ0) is 9.40. The molecule has 1 nitrogen and oxygen atoms in total.